The van der Waals surface area contributed by atoms with Crippen LogP contribution in [0.2, 0.25) is 5.02 Å². The van der Waals surface area contributed by atoms with Crippen LogP contribution in [0.3, 0.4) is 0 Å². The first-order valence-corrected chi connectivity index (χ1v) is 6.62. The van der Waals surface area contributed by atoms with Crippen molar-refractivity contribution in [1.29, 1.82) is 5.26 Å². The molecule has 0 aliphatic rings. The summed E-state index contributed by atoms with van der Waals surface area (Å²) in [5.74, 6) is -0.626. The van der Waals surface area contributed by atoms with Crippen molar-refractivity contribution in [3.63, 3.8) is 0 Å². The highest BCUT2D eigenvalue weighted by atomic mass is 35.5. The molecule has 1 amide bonds. The summed E-state index contributed by atoms with van der Waals surface area (Å²) in [6.07, 6.45) is -4.67. The Hall–Kier alpha value is -2.72. The van der Waals surface area contributed by atoms with E-state index in [9.17, 15) is 18.0 Å². The summed E-state index contributed by atoms with van der Waals surface area (Å²) in [5, 5.41) is 9.12. The zero-order valence-electron chi connectivity index (χ0n) is 11.4. The smallest absolute Gasteiger partial charge is 0.298 e. The Balaban J connectivity index is 2.19. The number of hydrogen-bond acceptors (Lipinski definition) is 3. The molecule has 0 aliphatic heterocycles. The van der Waals surface area contributed by atoms with Crippen LogP contribution >= 0.6 is 11.6 Å². The predicted molar refractivity (Wildman–Crippen MR) is 78.7 cm³/mol. The highest BCUT2D eigenvalue weighted by Gasteiger charge is 2.34. The second kappa shape index (κ2) is 6.58. The van der Waals surface area contributed by atoms with Crippen LogP contribution in [0.5, 0.6) is 0 Å². The number of rotatable bonds is 3. The zero-order chi connectivity index (χ0) is 17.0. The number of alkyl halides is 3. The summed E-state index contributed by atoms with van der Waals surface area (Å²) < 4.78 is 38.9. The van der Waals surface area contributed by atoms with Gasteiger partial charge in [-0.2, -0.15) is 18.4 Å². The number of carbonyl (C=O) groups is 1. The average molecular weight is 340 g/mol. The first-order chi connectivity index (χ1) is 10.8. The molecule has 4 nitrogen and oxygen atoms in total. The van der Waals surface area contributed by atoms with Crippen molar-refractivity contribution >= 4 is 23.2 Å². The molecule has 0 radical (unpaired) electrons. The lowest BCUT2D eigenvalue weighted by molar-refractivity contribution is -0.137. The van der Waals surface area contributed by atoms with E-state index in [1.807, 2.05) is 0 Å². The molecule has 0 aliphatic carbocycles. The number of anilines is 1. The molecule has 0 unspecified atom stereocenters. The highest BCUT2D eigenvalue weighted by molar-refractivity contribution is 6.30. The van der Waals surface area contributed by atoms with Crippen molar-refractivity contribution in [2.75, 3.05) is 5.43 Å². The van der Waals surface area contributed by atoms with E-state index in [0.29, 0.717) is 11.1 Å². The van der Waals surface area contributed by atoms with Gasteiger partial charge in [0.05, 0.1) is 22.9 Å². The van der Waals surface area contributed by atoms with Crippen molar-refractivity contribution < 1.29 is 18.0 Å². The minimum atomic E-state index is -4.67. The van der Waals surface area contributed by atoms with Crippen LogP contribution in [0.1, 0.15) is 21.5 Å². The fourth-order valence-electron chi connectivity index (χ4n) is 1.75. The largest absolute Gasteiger partial charge is 0.418 e. The van der Waals surface area contributed by atoms with Crippen LogP contribution < -0.4 is 10.9 Å². The molecule has 0 bridgehead atoms. The molecule has 118 valence electrons. The molecule has 2 aromatic rings. The normalized spacial score (nSPS) is 10.7. The number of halogens is 4. The van der Waals surface area contributed by atoms with E-state index >= 15 is 0 Å². The Morgan fingerprint density at radius 3 is 2.35 bits per heavy atom. The summed E-state index contributed by atoms with van der Waals surface area (Å²) in [7, 11) is 0. The molecular formula is C15H9ClF3N3O. The number of benzene rings is 2. The van der Waals surface area contributed by atoms with E-state index < -0.39 is 17.6 Å². The third kappa shape index (κ3) is 4.14. The fraction of sp³-hybridized carbons (Fsp3) is 0.0667. The Morgan fingerprint density at radius 2 is 1.78 bits per heavy atom. The number of nitriles is 1. The van der Waals surface area contributed by atoms with E-state index in [0.717, 1.165) is 6.07 Å². The standard InChI is InChI=1S/C15H9ClF3N3O/c16-11-4-2-10(3-5-11)14(23)22-21-13-6-1-9(8-20)7-12(13)15(17,18)19/h1-7,21H,(H,22,23). The molecule has 0 fully saturated rings. The van der Waals surface area contributed by atoms with Crippen LogP contribution in [0, 0.1) is 11.3 Å². The van der Waals surface area contributed by atoms with E-state index in [1.165, 1.54) is 30.3 Å². The highest BCUT2D eigenvalue weighted by Crippen LogP contribution is 2.35. The quantitative estimate of drug-likeness (QED) is 0.831. The average Bonchev–Trinajstić information content (AvgIpc) is 2.52. The van der Waals surface area contributed by atoms with Crippen molar-refractivity contribution in [3.8, 4) is 6.07 Å². The Kier molecular flexibility index (Phi) is 4.77. The van der Waals surface area contributed by atoms with Gasteiger partial charge in [0.2, 0.25) is 0 Å². The molecule has 0 atom stereocenters. The number of nitrogens with one attached hydrogen (secondary N) is 2. The first-order valence-electron chi connectivity index (χ1n) is 6.24. The Morgan fingerprint density at radius 1 is 1.13 bits per heavy atom. The van der Waals surface area contributed by atoms with E-state index in [-0.39, 0.29) is 16.8 Å². The number of hydrazine groups is 1. The number of carbonyl (C=O) groups excluding carboxylic acids is 1. The molecule has 2 rings (SSSR count). The predicted octanol–water partition coefficient (Wildman–Crippen LogP) is 3.99. The number of nitrogens with zero attached hydrogens (tertiary/aromatic N) is 1. The molecule has 0 spiro atoms. The topological polar surface area (TPSA) is 64.9 Å². The maximum atomic E-state index is 13.0. The molecule has 0 saturated heterocycles. The molecule has 0 aromatic heterocycles. The lowest BCUT2D eigenvalue weighted by Crippen LogP contribution is -2.30. The minimum absolute atomic E-state index is 0.132. The van der Waals surface area contributed by atoms with Crippen LogP contribution in [0.4, 0.5) is 18.9 Å². The van der Waals surface area contributed by atoms with Gasteiger partial charge in [-0.3, -0.25) is 15.6 Å². The van der Waals surface area contributed by atoms with Gasteiger partial charge in [0.15, 0.2) is 0 Å². The monoisotopic (exact) mass is 339 g/mol. The van der Waals surface area contributed by atoms with Gasteiger partial charge in [-0.1, -0.05) is 11.6 Å². The fourth-order valence-corrected chi connectivity index (χ4v) is 1.88. The summed E-state index contributed by atoms with van der Waals surface area (Å²) in [6.45, 7) is 0. The summed E-state index contributed by atoms with van der Waals surface area (Å²) in [4.78, 5) is 11.9. The third-order valence-electron chi connectivity index (χ3n) is 2.87. The molecule has 2 N–H and O–H groups in total. The van der Waals surface area contributed by atoms with Crippen LogP contribution in [0.15, 0.2) is 42.5 Å². The lowest BCUT2D eigenvalue weighted by atomic mass is 10.1. The van der Waals surface area contributed by atoms with Crippen LogP contribution in [-0.4, -0.2) is 5.91 Å². The number of hydrogen-bond donors (Lipinski definition) is 2. The molecule has 2 aromatic carbocycles. The van der Waals surface area contributed by atoms with Crippen LogP contribution in [0.25, 0.3) is 0 Å². The van der Waals surface area contributed by atoms with Crippen molar-refractivity contribution in [1.82, 2.24) is 5.43 Å². The van der Waals surface area contributed by atoms with Gasteiger partial charge in [-0.25, -0.2) is 0 Å². The minimum Gasteiger partial charge on any atom is -0.298 e. The Bertz CT molecular complexity index is 767. The van der Waals surface area contributed by atoms with Gasteiger partial charge < -0.3 is 0 Å². The maximum Gasteiger partial charge on any atom is 0.418 e. The van der Waals surface area contributed by atoms with Crippen molar-refractivity contribution in [2.45, 2.75) is 6.18 Å². The van der Waals surface area contributed by atoms with Gasteiger partial charge in [-0.05, 0) is 42.5 Å². The van der Waals surface area contributed by atoms with Gasteiger partial charge in [-0.15, -0.1) is 0 Å². The number of amides is 1. The lowest BCUT2D eigenvalue weighted by Gasteiger charge is -2.15. The van der Waals surface area contributed by atoms with Crippen molar-refractivity contribution in [2.24, 2.45) is 0 Å². The van der Waals surface area contributed by atoms with Gasteiger partial charge in [0, 0.05) is 10.6 Å². The second-order valence-electron chi connectivity index (χ2n) is 4.46. The first kappa shape index (κ1) is 16.6. The molecule has 0 saturated carbocycles. The van der Waals surface area contributed by atoms with E-state index in [2.05, 4.69) is 10.9 Å². The van der Waals surface area contributed by atoms with E-state index in [1.54, 1.807) is 6.07 Å². The molecule has 0 heterocycles. The maximum absolute atomic E-state index is 13.0. The summed E-state index contributed by atoms with van der Waals surface area (Å²) in [5.41, 5.74) is 3.07. The summed E-state index contributed by atoms with van der Waals surface area (Å²) in [6, 6.07) is 10.5. The molecule has 23 heavy (non-hydrogen) atoms. The Labute approximate surface area is 134 Å². The van der Waals surface area contributed by atoms with E-state index in [4.69, 9.17) is 16.9 Å². The van der Waals surface area contributed by atoms with Crippen molar-refractivity contribution in [3.05, 3.63) is 64.2 Å². The van der Waals surface area contributed by atoms with Gasteiger partial charge in [0.25, 0.3) is 5.91 Å². The van der Waals surface area contributed by atoms with Crippen LogP contribution in [-0.2, 0) is 6.18 Å². The zero-order valence-corrected chi connectivity index (χ0v) is 12.2. The summed E-state index contributed by atoms with van der Waals surface area (Å²) >= 11 is 5.69. The molecule has 8 heteroatoms. The third-order valence-corrected chi connectivity index (χ3v) is 3.12. The second-order valence-corrected chi connectivity index (χ2v) is 4.89. The van der Waals surface area contributed by atoms with Gasteiger partial charge >= 0.3 is 6.18 Å². The SMILES string of the molecule is N#Cc1ccc(NNC(=O)c2ccc(Cl)cc2)c(C(F)(F)F)c1. The van der Waals surface area contributed by atoms with Gasteiger partial charge in [0.1, 0.15) is 0 Å². The molecular weight excluding hydrogens is 331 g/mol.